The van der Waals surface area contributed by atoms with E-state index in [1.807, 2.05) is 0 Å². The molecule has 1 unspecified atom stereocenters. The van der Waals surface area contributed by atoms with Crippen molar-refractivity contribution in [1.82, 2.24) is 0 Å². The molecule has 2 heteroatoms. The van der Waals surface area contributed by atoms with Crippen LogP contribution in [0.1, 0.15) is 26.7 Å². The van der Waals surface area contributed by atoms with Crippen LogP contribution in [-0.2, 0) is 0 Å². The summed E-state index contributed by atoms with van der Waals surface area (Å²) < 4.78 is 0. The molecule has 62 valence electrons. The second-order valence-corrected chi connectivity index (χ2v) is 2.89. The summed E-state index contributed by atoms with van der Waals surface area (Å²) in [5.41, 5.74) is 0. The first-order valence-electron chi connectivity index (χ1n) is 3.97. The fourth-order valence-corrected chi connectivity index (χ4v) is 1.11. The van der Waals surface area contributed by atoms with E-state index in [0.717, 1.165) is 12.8 Å². The lowest BCUT2D eigenvalue weighted by molar-refractivity contribution is 0.109. The zero-order valence-electron chi connectivity index (χ0n) is 6.88. The second kappa shape index (κ2) is 5.69. The van der Waals surface area contributed by atoms with Gasteiger partial charge >= 0.3 is 0 Å². The average Bonchev–Trinajstić information content (AvgIpc) is 1.91. The maximum Gasteiger partial charge on any atom is 0.0483 e. The highest BCUT2D eigenvalue weighted by Crippen LogP contribution is 2.15. The zero-order chi connectivity index (χ0) is 7.98. The molecule has 0 aromatic rings. The summed E-state index contributed by atoms with van der Waals surface area (Å²) in [5.74, 6) is 0.528. The topological polar surface area (TPSA) is 40.5 Å². The molecule has 0 spiro atoms. The van der Waals surface area contributed by atoms with E-state index >= 15 is 0 Å². The predicted molar refractivity (Wildman–Crippen MR) is 41.7 cm³/mol. The minimum atomic E-state index is 0.0833. The van der Waals surface area contributed by atoms with Gasteiger partial charge in [0.1, 0.15) is 0 Å². The molecule has 0 saturated carbocycles. The van der Waals surface area contributed by atoms with Crippen LogP contribution >= 0.6 is 0 Å². The Morgan fingerprint density at radius 1 is 1.20 bits per heavy atom. The molecule has 2 nitrogen and oxygen atoms in total. The van der Waals surface area contributed by atoms with Crippen LogP contribution in [0, 0.1) is 11.8 Å². The lowest BCUT2D eigenvalue weighted by atomic mass is 9.92. The van der Waals surface area contributed by atoms with Gasteiger partial charge in [-0.25, -0.2) is 0 Å². The third kappa shape index (κ3) is 3.18. The number of rotatable bonds is 5. The molecule has 0 saturated heterocycles. The van der Waals surface area contributed by atoms with Gasteiger partial charge in [0, 0.05) is 19.1 Å². The number of aliphatic hydroxyl groups excluding tert-OH is 2. The van der Waals surface area contributed by atoms with E-state index in [9.17, 15) is 0 Å². The minimum absolute atomic E-state index is 0.0833. The van der Waals surface area contributed by atoms with Crippen LogP contribution in [0.4, 0.5) is 0 Å². The Morgan fingerprint density at radius 3 is 2.00 bits per heavy atom. The molecule has 0 aliphatic heterocycles. The van der Waals surface area contributed by atoms with Crippen LogP contribution in [0.2, 0.25) is 0 Å². The van der Waals surface area contributed by atoms with Crippen molar-refractivity contribution in [3.8, 4) is 0 Å². The van der Waals surface area contributed by atoms with Gasteiger partial charge in [0.05, 0.1) is 0 Å². The van der Waals surface area contributed by atoms with Crippen molar-refractivity contribution in [2.75, 3.05) is 13.2 Å². The molecule has 1 atom stereocenters. The smallest absolute Gasteiger partial charge is 0.0483 e. The average molecular weight is 146 g/mol. The summed E-state index contributed by atoms with van der Waals surface area (Å²) in [5, 5.41) is 17.5. The highest BCUT2D eigenvalue weighted by atomic mass is 16.3. The molecule has 0 aromatic carbocycles. The maximum absolute atomic E-state index is 8.76. The number of aliphatic hydroxyl groups is 2. The third-order valence-corrected chi connectivity index (χ3v) is 2.02. The van der Waals surface area contributed by atoms with Crippen LogP contribution < -0.4 is 0 Å². The van der Waals surface area contributed by atoms with E-state index in [1.165, 1.54) is 0 Å². The van der Waals surface area contributed by atoms with Crippen molar-refractivity contribution in [2.24, 2.45) is 11.8 Å². The van der Waals surface area contributed by atoms with Gasteiger partial charge in [0.15, 0.2) is 0 Å². The van der Waals surface area contributed by atoms with Gasteiger partial charge in [-0.3, -0.25) is 0 Å². The van der Waals surface area contributed by atoms with E-state index < -0.39 is 0 Å². The zero-order valence-corrected chi connectivity index (χ0v) is 6.88. The van der Waals surface area contributed by atoms with Gasteiger partial charge in [-0.1, -0.05) is 26.7 Å². The van der Waals surface area contributed by atoms with Crippen molar-refractivity contribution in [3.05, 3.63) is 0 Å². The summed E-state index contributed by atoms with van der Waals surface area (Å²) in [7, 11) is 0. The normalized spacial score (nSPS) is 14.1. The maximum atomic E-state index is 8.76. The second-order valence-electron chi connectivity index (χ2n) is 2.89. The van der Waals surface area contributed by atoms with Crippen LogP contribution in [-0.4, -0.2) is 23.4 Å². The molecule has 2 N–H and O–H groups in total. The summed E-state index contributed by atoms with van der Waals surface area (Å²) in [4.78, 5) is 0. The molecular formula is C8H18O2. The van der Waals surface area contributed by atoms with Crippen LogP contribution in [0.3, 0.4) is 0 Å². The fourth-order valence-electron chi connectivity index (χ4n) is 1.11. The Bertz CT molecular complexity index is 69.7. The molecule has 0 fully saturated rings. The van der Waals surface area contributed by atoms with Crippen molar-refractivity contribution in [3.63, 3.8) is 0 Å². The van der Waals surface area contributed by atoms with Crippen molar-refractivity contribution in [2.45, 2.75) is 26.7 Å². The minimum Gasteiger partial charge on any atom is -0.396 e. The van der Waals surface area contributed by atoms with E-state index in [4.69, 9.17) is 10.2 Å². The molecule has 0 heterocycles. The Hall–Kier alpha value is -0.0800. The number of hydrogen-bond donors (Lipinski definition) is 2. The first-order valence-corrected chi connectivity index (χ1v) is 3.97. The van der Waals surface area contributed by atoms with Crippen molar-refractivity contribution in [1.29, 1.82) is 0 Å². The highest BCUT2D eigenvalue weighted by Gasteiger charge is 2.13. The van der Waals surface area contributed by atoms with E-state index in [-0.39, 0.29) is 19.1 Å². The van der Waals surface area contributed by atoms with Crippen LogP contribution in [0.15, 0.2) is 0 Å². The highest BCUT2D eigenvalue weighted by molar-refractivity contribution is 4.63. The Labute approximate surface area is 62.9 Å². The molecule has 10 heavy (non-hydrogen) atoms. The first kappa shape index (κ1) is 9.92. The van der Waals surface area contributed by atoms with E-state index in [1.54, 1.807) is 0 Å². The van der Waals surface area contributed by atoms with Gasteiger partial charge < -0.3 is 10.2 Å². The first-order chi connectivity index (χ1) is 4.76. The molecular weight excluding hydrogens is 128 g/mol. The van der Waals surface area contributed by atoms with Gasteiger partial charge in [0.25, 0.3) is 0 Å². The van der Waals surface area contributed by atoms with Gasteiger partial charge in [-0.05, 0) is 5.92 Å². The number of hydrogen-bond acceptors (Lipinski definition) is 2. The predicted octanol–water partition coefficient (Wildman–Crippen LogP) is 1.02. The SMILES string of the molecule is CCCC(C)C(CO)CO. The quantitative estimate of drug-likeness (QED) is 0.608. The molecule has 0 aliphatic carbocycles. The van der Waals surface area contributed by atoms with Gasteiger partial charge in [0.2, 0.25) is 0 Å². The summed E-state index contributed by atoms with van der Waals surface area (Å²) in [6.45, 7) is 4.40. The largest absolute Gasteiger partial charge is 0.396 e. The third-order valence-electron chi connectivity index (χ3n) is 2.02. The lowest BCUT2D eigenvalue weighted by Gasteiger charge is -2.18. The Morgan fingerprint density at radius 2 is 1.70 bits per heavy atom. The molecule has 0 radical (unpaired) electrons. The molecule has 0 amide bonds. The Kier molecular flexibility index (Phi) is 5.64. The standard InChI is InChI=1S/C8H18O2/c1-3-4-7(2)8(5-9)6-10/h7-10H,3-6H2,1-2H3. The summed E-state index contributed by atoms with van der Waals surface area (Å²) >= 11 is 0. The summed E-state index contributed by atoms with van der Waals surface area (Å²) in [6.07, 6.45) is 2.21. The van der Waals surface area contributed by atoms with Crippen LogP contribution in [0.25, 0.3) is 0 Å². The molecule has 0 rings (SSSR count). The fraction of sp³-hybridized carbons (Fsp3) is 1.00. The van der Waals surface area contributed by atoms with Crippen LogP contribution in [0.5, 0.6) is 0 Å². The monoisotopic (exact) mass is 146 g/mol. The molecule has 0 aliphatic rings. The van der Waals surface area contributed by atoms with E-state index in [0.29, 0.717) is 5.92 Å². The van der Waals surface area contributed by atoms with Crippen molar-refractivity contribution >= 4 is 0 Å². The van der Waals surface area contributed by atoms with Crippen molar-refractivity contribution < 1.29 is 10.2 Å². The Balaban J connectivity index is 3.53. The lowest BCUT2D eigenvalue weighted by Crippen LogP contribution is -2.19. The summed E-state index contributed by atoms with van der Waals surface area (Å²) in [6, 6.07) is 0. The molecule has 0 bridgehead atoms. The van der Waals surface area contributed by atoms with E-state index in [2.05, 4.69) is 13.8 Å². The van der Waals surface area contributed by atoms with Gasteiger partial charge in [-0.2, -0.15) is 0 Å². The van der Waals surface area contributed by atoms with Gasteiger partial charge in [-0.15, -0.1) is 0 Å². The molecule has 0 aromatic heterocycles.